The van der Waals surface area contributed by atoms with Crippen molar-refractivity contribution >= 4 is 35.1 Å². The molecule has 1 amide bonds. The smallest absolute Gasteiger partial charge is 0.306 e. The number of rotatable bonds is 7. The Hall–Kier alpha value is -2.94. The number of nitrogens with one attached hydrogen (secondary N) is 1. The van der Waals surface area contributed by atoms with Gasteiger partial charge < -0.3 is 10.1 Å². The van der Waals surface area contributed by atoms with E-state index >= 15 is 0 Å². The van der Waals surface area contributed by atoms with Crippen molar-refractivity contribution in [1.82, 2.24) is 19.6 Å². The number of esters is 1. The molecule has 2 heterocycles. The third-order valence-corrected chi connectivity index (χ3v) is 5.00. The van der Waals surface area contributed by atoms with E-state index < -0.39 is 5.97 Å². The van der Waals surface area contributed by atoms with E-state index in [2.05, 4.69) is 20.4 Å². The standard InChI is InChI=1S/C20H23N5O3S/c1-12-6-5-7-15(10-12)22-17(26)11-28-18(27)9-8-16-13(2)21-19-23-20(29-4)24-25(19)14(16)3/h5-7,10H,8-9,11H2,1-4H3,(H,22,26). The summed E-state index contributed by atoms with van der Waals surface area (Å²) in [7, 11) is 0. The van der Waals surface area contributed by atoms with E-state index in [1.165, 1.54) is 11.8 Å². The molecule has 29 heavy (non-hydrogen) atoms. The highest BCUT2D eigenvalue weighted by molar-refractivity contribution is 7.98. The van der Waals surface area contributed by atoms with Crippen LogP contribution < -0.4 is 5.32 Å². The second kappa shape index (κ2) is 9.04. The van der Waals surface area contributed by atoms with E-state index in [0.29, 0.717) is 23.0 Å². The van der Waals surface area contributed by atoms with Gasteiger partial charge in [0.15, 0.2) is 6.61 Å². The van der Waals surface area contributed by atoms with Crippen LogP contribution in [0.4, 0.5) is 5.69 Å². The minimum Gasteiger partial charge on any atom is -0.456 e. The number of carbonyl (C=O) groups is 2. The number of nitrogens with zero attached hydrogens (tertiary/aromatic N) is 4. The molecule has 0 atom stereocenters. The number of anilines is 1. The molecule has 0 radical (unpaired) electrons. The highest BCUT2D eigenvalue weighted by Gasteiger charge is 2.15. The minimum absolute atomic E-state index is 0.149. The van der Waals surface area contributed by atoms with Gasteiger partial charge in [0.25, 0.3) is 11.7 Å². The maximum atomic E-state index is 12.1. The second-order valence-electron chi connectivity index (χ2n) is 6.65. The number of thioether (sulfide) groups is 1. The zero-order chi connectivity index (χ0) is 21.0. The summed E-state index contributed by atoms with van der Waals surface area (Å²) in [4.78, 5) is 32.9. The van der Waals surface area contributed by atoms with Gasteiger partial charge >= 0.3 is 5.97 Å². The van der Waals surface area contributed by atoms with Gasteiger partial charge in [0.1, 0.15) is 0 Å². The van der Waals surface area contributed by atoms with Gasteiger partial charge in [-0.2, -0.15) is 4.98 Å². The number of amides is 1. The topological polar surface area (TPSA) is 98.5 Å². The summed E-state index contributed by atoms with van der Waals surface area (Å²) in [5.74, 6) is -0.262. The molecule has 0 aliphatic rings. The van der Waals surface area contributed by atoms with Crippen LogP contribution in [0.1, 0.15) is 28.9 Å². The van der Waals surface area contributed by atoms with Crippen molar-refractivity contribution in [2.24, 2.45) is 0 Å². The zero-order valence-electron chi connectivity index (χ0n) is 16.9. The average molecular weight is 414 g/mol. The van der Waals surface area contributed by atoms with Crippen LogP contribution in [0.5, 0.6) is 0 Å². The van der Waals surface area contributed by atoms with E-state index in [1.807, 2.05) is 45.2 Å². The molecule has 8 nitrogen and oxygen atoms in total. The Balaban J connectivity index is 1.56. The molecule has 152 valence electrons. The number of hydrogen-bond donors (Lipinski definition) is 1. The lowest BCUT2D eigenvalue weighted by molar-refractivity contribution is -0.147. The van der Waals surface area contributed by atoms with Crippen molar-refractivity contribution in [2.75, 3.05) is 18.2 Å². The summed E-state index contributed by atoms with van der Waals surface area (Å²) in [5.41, 5.74) is 4.34. The molecular weight excluding hydrogens is 390 g/mol. The summed E-state index contributed by atoms with van der Waals surface area (Å²) < 4.78 is 6.80. The largest absolute Gasteiger partial charge is 0.456 e. The molecule has 1 N–H and O–H groups in total. The molecule has 0 aliphatic carbocycles. The average Bonchev–Trinajstić information content (AvgIpc) is 3.09. The van der Waals surface area contributed by atoms with Gasteiger partial charge in [0, 0.05) is 23.5 Å². The first-order valence-corrected chi connectivity index (χ1v) is 10.4. The Morgan fingerprint density at radius 2 is 2.00 bits per heavy atom. The molecule has 0 spiro atoms. The Labute approximate surface area is 173 Å². The summed E-state index contributed by atoms with van der Waals surface area (Å²) in [6.07, 6.45) is 2.51. The van der Waals surface area contributed by atoms with E-state index in [9.17, 15) is 9.59 Å². The molecule has 1 aromatic carbocycles. The fourth-order valence-electron chi connectivity index (χ4n) is 3.00. The molecule has 3 aromatic rings. The molecule has 0 unspecified atom stereocenters. The Bertz CT molecular complexity index is 1060. The second-order valence-corrected chi connectivity index (χ2v) is 7.42. The van der Waals surface area contributed by atoms with E-state index in [4.69, 9.17) is 4.74 Å². The molecule has 3 rings (SSSR count). The zero-order valence-corrected chi connectivity index (χ0v) is 17.7. The fraction of sp³-hybridized carbons (Fsp3) is 0.350. The molecular formula is C20H23N5O3S. The van der Waals surface area contributed by atoms with Crippen LogP contribution in [-0.4, -0.2) is 44.3 Å². The first-order chi connectivity index (χ1) is 13.9. The third-order valence-electron chi connectivity index (χ3n) is 4.46. The fourth-order valence-corrected chi connectivity index (χ4v) is 3.34. The quantitative estimate of drug-likeness (QED) is 0.470. The van der Waals surface area contributed by atoms with Crippen LogP contribution in [0, 0.1) is 20.8 Å². The highest BCUT2D eigenvalue weighted by Crippen LogP contribution is 2.18. The Kier molecular flexibility index (Phi) is 6.48. The molecule has 0 saturated carbocycles. The molecule has 9 heteroatoms. The van der Waals surface area contributed by atoms with Crippen molar-refractivity contribution < 1.29 is 14.3 Å². The van der Waals surface area contributed by atoms with Gasteiger partial charge in [-0.1, -0.05) is 23.9 Å². The monoisotopic (exact) mass is 413 g/mol. The summed E-state index contributed by atoms with van der Waals surface area (Å²) in [5, 5.41) is 7.76. The van der Waals surface area contributed by atoms with Crippen LogP contribution in [0.15, 0.2) is 29.4 Å². The van der Waals surface area contributed by atoms with Gasteiger partial charge in [-0.05, 0) is 56.7 Å². The van der Waals surface area contributed by atoms with Crippen molar-refractivity contribution in [3.63, 3.8) is 0 Å². The SMILES string of the molecule is CSc1nc2nc(C)c(CCC(=O)OCC(=O)Nc3cccc(C)c3)c(C)n2n1. The van der Waals surface area contributed by atoms with Gasteiger partial charge in [-0.25, -0.2) is 9.50 Å². The van der Waals surface area contributed by atoms with Crippen molar-refractivity contribution in [3.05, 3.63) is 46.8 Å². The molecule has 0 aliphatic heterocycles. The van der Waals surface area contributed by atoms with Crippen LogP contribution in [0.25, 0.3) is 5.78 Å². The first kappa shape index (κ1) is 20.8. The van der Waals surface area contributed by atoms with Crippen LogP contribution in [0.3, 0.4) is 0 Å². The van der Waals surface area contributed by atoms with Gasteiger partial charge in [-0.3, -0.25) is 9.59 Å². The van der Waals surface area contributed by atoms with Crippen molar-refractivity contribution in [3.8, 4) is 0 Å². The van der Waals surface area contributed by atoms with Crippen LogP contribution >= 0.6 is 11.8 Å². The lowest BCUT2D eigenvalue weighted by Gasteiger charge is -2.10. The van der Waals surface area contributed by atoms with Gasteiger partial charge in [0.05, 0.1) is 0 Å². The molecule has 2 aromatic heterocycles. The van der Waals surface area contributed by atoms with Crippen LogP contribution in [-0.2, 0) is 20.7 Å². The normalized spacial score (nSPS) is 10.9. The molecule has 0 bridgehead atoms. The number of benzene rings is 1. The predicted molar refractivity (Wildman–Crippen MR) is 111 cm³/mol. The third kappa shape index (κ3) is 5.11. The maximum absolute atomic E-state index is 12.1. The van der Waals surface area contributed by atoms with Crippen LogP contribution in [0.2, 0.25) is 0 Å². The Morgan fingerprint density at radius 1 is 1.21 bits per heavy atom. The van der Waals surface area contributed by atoms with Crippen molar-refractivity contribution in [1.29, 1.82) is 0 Å². The minimum atomic E-state index is -0.438. The summed E-state index contributed by atoms with van der Waals surface area (Å²) in [6.45, 7) is 5.43. The first-order valence-electron chi connectivity index (χ1n) is 9.16. The van der Waals surface area contributed by atoms with E-state index in [-0.39, 0.29) is 18.9 Å². The van der Waals surface area contributed by atoms with Gasteiger partial charge in [-0.15, -0.1) is 5.10 Å². The number of hydrogen-bond acceptors (Lipinski definition) is 7. The predicted octanol–water partition coefficient (Wildman–Crippen LogP) is 2.89. The highest BCUT2D eigenvalue weighted by atomic mass is 32.2. The maximum Gasteiger partial charge on any atom is 0.306 e. The number of aryl methyl sites for hydroxylation is 3. The van der Waals surface area contributed by atoms with Gasteiger partial charge in [0.2, 0.25) is 5.16 Å². The molecule has 0 saturated heterocycles. The lowest BCUT2D eigenvalue weighted by atomic mass is 10.1. The number of aromatic nitrogens is 4. The lowest BCUT2D eigenvalue weighted by Crippen LogP contribution is -2.21. The Morgan fingerprint density at radius 3 is 2.72 bits per heavy atom. The summed E-state index contributed by atoms with van der Waals surface area (Å²) >= 11 is 1.45. The van der Waals surface area contributed by atoms with E-state index in [1.54, 1.807) is 10.6 Å². The number of ether oxygens (including phenoxy) is 1. The number of carbonyl (C=O) groups excluding carboxylic acids is 2. The number of fused-ring (bicyclic) bond motifs is 1. The summed E-state index contributed by atoms with van der Waals surface area (Å²) in [6, 6.07) is 7.42. The van der Waals surface area contributed by atoms with Crippen molar-refractivity contribution in [2.45, 2.75) is 38.8 Å². The molecule has 0 fully saturated rings. The van der Waals surface area contributed by atoms with E-state index in [0.717, 1.165) is 22.5 Å².